The van der Waals surface area contributed by atoms with E-state index in [1.165, 1.54) is 0 Å². The summed E-state index contributed by atoms with van der Waals surface area (Å²) < 4.78 is 10.8. The van der Waals surface area contributed by atoms with E-state index in [2.05, 4.69) is 5.32 Å². The summed E-state index contributed by atoms with van der Waals surface area (Å²) in [5.41, 5.74) is -0.662. The highest BCUT2D eigenvalue weighted by Gasteiger charge is 2.34. The second-order valence-corrected chi connectivity index (χ2v) is 5.62. The molecule has 1 rings (SSSR count). The zero-order valence-electron chi connectivity index (χ0n) is 13.5. The minimum absolute atomic E-state index is 0.196. The van der Waals surface area contributed by atoms with E-state index in [1.807, 2.05) is 58.0 Å². The van der Waals surface area contributed by atoms with Gasteiger partial charge in [0.1, 0.15) is 11.3 Å². The van der Waals surface area contributed by atoms with Crippen molar-refractivity contribution in [3.05, 3.63) is 30.3 Å². The molecule has 4 heteroatoms. The van der Waals surface area contributed by atoms with Crippen LogP contribution in [0.15, 0.2) is 30.3 Å². The average molecular weight is 293 g/mol. The zero-order valence-corrected chi connectivity index (χ0v) is 13.5. The molecular weight excluding hydrogens is 266 g/mol. The lowest BCUT2D eigenvalue weighted by Gasteiger charge is -2.30. The zero-order chi connectivity index (χ0) is 15.7. The van der Waals surface area contributed by atoms with Crippen molar-refractivity contribution < 1.29 is 14.3 Å². The third kappa shape index (κ3) is 6.17. The van der Waals surface area contributed by atoms with Crippen LogP contribution in [0.4, 0.5) is 0 Å². The van der Waals surface area contributed by atoms with Gasteiger partial charge >= 0.3 is 5.97 Å². The Morgan fingerprint density at radius 1 is 1.29 bits per heavy atom. The van der Waals surface area contributed by atoms with E-state index in [1.54, 1.807) is 0 Å². The van der Waals surface area contributed by atoms with Crippen LogP contribution < -0.4 is 10.1 Å². The molecule has 0 amide bonds. The quantitative estimate of drug-likeness (QED) is 0.561. The normalized spacial score (nSPS) is 13.8. The molecular formula is C17H27NO3. The molecule has 0 aliphatic heterocycles. The molecule has 0 radical (unpaired) electrons. The summed E-state index contributed by atoms with van der Waals surface area (Å²) in [5, 5.41) is 3.31. The molecule has 0 heterocycles. The van der Waals surface area contributed by atoms with Crippen molar-refractivity contribution in [1.29, 1.82) is 0 Å². The van der Waals surface area contributed by atoms with E-state index < -0.39 is 5.54 Å². The fourth-order valence-electron chi connectivity index (χ4n) is 2.29. The minimum Gasteiger partial charge on any atom is -0.494 e. The van der Waals surface area contributed by atoms with Crippen molar-refractivity contribution in [2.75, 3.05) is 13.2 Å². The van der Waals surface area contributed by atoms with E-state index in [0.29, 0.717) is 19.6 Å². The van der Waals surface area contributed by atoms with Gasteiger partial charge in [-0.25, -0.2) is 0 Å². The largest absolute Gasteiger partial charge is 0.494 e. The molecule has 118 valence electrons. The third-order valence-electron chi connectivity index (χ3n) is 3.17. The fraction of sp³-hybridized carbons (Fsp3) is 0.588. The molecule has 0 saturated heterocycles. The first-order valence-electron chi connectivity index (χ1n) is 7.60. The van der Waals surface area contributed by atoms with Crippen LogP contribution in [0.2, 0.25) is 0 Å². The Labute approximate surface area is 127 Å². The van der Waals surface area contributed by atoms with Gasteiger partial charge in [-0.3, -0.25) is 10.1 Å². The summed E-state index contributed by atoms with van der Waals surface area (Å²) in [6.45, 7) is 8.75. The Bertz CT molecular complexity index is 419. The first-order chi connectivity index (χ1) is 9.98. The molecule has 21 heavy (non-hydrogen) atoms. The first-order valence-corrected chi connectivity index (χ1v) is 7.60. The number of hydrogen-bond acceptors (Lipinski definition) is 4. The van der Waals surface area contributed by atoms with Gasteiger partial charge in [-0.15, -0.1) is 0 Å². The topological polar surface area (TPSA) is 47.6 Å². The van der Waals surface area contributed by atoms with Gasteiger partial charge in [0, 0.05) is 6.04 Å². The van der Waals surface area contributed by atoms with Crippen LogP contribution in [0, 0.1) is 0 Å². The van der Waals surface area contributed by atoms with Gasteiger partial charge in [0.15, 0.2) is 0 Å². The van der Waals surface area contributed by atoms with Crippen molar-refractivity contribution in [1.82, 2.24) is 5.32 Å². The Morgan fingerprint density at radius 3 is 2.52 bits per heavy atom. The third-order valence-corrected chi connectivity index (χ3v) is 3.17. The van der Waals surface area contributed by atoms with E-state index in [4.69, 9.17) is 9.47 Å². The van der Waals surface area contributed by atoms with E-state index in [-0.39, 0.29) is 12.0 Å². The summed E-state index contributed by atoms with van der Waals surface area (Å²) in [6.07, 6.45) is 1.46. The van der Waals surface area contributed by atoms with Crippen LogP contribution in [-0.2, 0) is 9.53 Å². The van der Waals surface area contributed by atoms with Gasteiger partial charge in [-0.05, 0) is 52.7 Å². The number of nitrogens with one attached hydrogen (secondary N) is 1. The maximum absolute atomic E-state index is 12.1. The predicted octanol–water partition coefficient (Wildman–Crippen LogP) is 3.17. The first kappa shape index (κ1) is 17.5. The predicted molar refractivity (Wildman–Crippen MR) is 84.5 cm³/mol. The van der Waals surface area contributed by atoms with Crippen LogP contribution in [0.25, 0.3) is 0 Å². The van der Waals surface area contributed by atoms with Gasteiger partial charge < -0.3 is 9.47 Å². The molecule has 1 aromatic rings. The summed E-state index contributed by atoms with van der Waals surface area (Å²) in [7, 11) is 0. The number of rotatable bonds is 9. The van der Waals surface area contributed by atoms with Crippen LogP contribution in [0.3, 0.4) is 0 Å². The number of benzene rings is 1. The minimum atomic E-state index is -0.662. The number of para-hydroxylation sites is 1. The molecule has 1 N–H and O–H groups in total. The summed E-state index contributed by atoms with van der Waals surface area (Å²) in [4.78, 5) is 12.1. The van der Waals surface area contributed by atoms with Crippen molar-refractivity contribution in [3.8, 4) is 5.75 Å². The maximum Gasteiger partial charge on any atom is 0.326 e. The van der Waals surface area contributed by atoms with Crippen LogP contribution >= 0.6 is 0 Å². The second kappa shape index (κ2) is 8.67. The lowest BCUT2D eigenvalue weighted by Crippen LogP contribution is -2.53. The number of carbonyl (C=O) groups excluding carboxylic acids is 1. The molecule has 0 fully saturated rings. The highest BCUT2D eigenvalue weighted by molar-refractivity contribution is 5.80. The molecule has 0 spiro atoms. The van der Waals surface area contributed by atoms with E-state index in [9.17, 15) is 4.79 Å². The highest BCUT2D eigenvalue weighted by Crippen LogP contribution is 2.17. The van der Waals surface area contributed by atoms with Crippen molar-refractivity contribution in [3.63, 3.8) is 0 Å². The van der Waals surface area contributed by atoms with E-state index >= 15 is 0 Å². The number of esters is 1. The fourth-order valence-corrected chi connectivity index (χ4v) is 2.29. The number of carbonyl (C=O) groups is 1. The molecule has 0 bridgehead atoms. The lowest BCUT2D eigenvalue weighted by atomic mass is 9.95. The van der Waals surface area contributed by atoms with Crippen LogP contribution in [0.5, 0.6) is 5.75 Å². The van der Waals surface area contributed by atoms with Crippen LogP contribution in [-0.4, -0.2) is 30.8 Å². The lowest BCUT2D eigenvalue weighted by molar-refractivity contribution is -0.151. The van der Waals surface area contributed by atoms with Gasteiger partial charge in [-0.2, -0.15) is 0 Å². The molecule has 0 aliphatic rings. The Morgan fingerprint density at radius 2 is 1.95 bits per heavy atom. The Balaban J connectivity index is 2.47. The monoisotopic (exact) mass is 293 g/mol. The average Bonchev–Trinajstić information content (AvgIpc) is 2.44. The Hall–Kier alpha value is -1.55. The second-order valence-electron chi connectivity index (χ2n) is 5.62. The molecule has 1 aromatic carbocycles. The molecule has 0 aromatic heterocycles. The van der Waals surface area contributed by atoms with Gasteiger partial charge in [0.05, 0.1) is 13.2 Å². The van der Waals surface area contributed by atoms with Crippen molar-refractivity contribution in [2.45, 2.75) is 52.1 Å². The molecule has 0 saturated carbocycles. The molecule has 1 atom stereocenters. The maximum atomic E-state index is 12.1. The molecule has 0 aliphatic carbocycles. The van der Waals surface area contributed by atoms with E-state index in [0.717, 1.165) is 12.2 Å². The highest BCUT2D eigenvalue weighted by atomic mass is 16.5. The van der Waals surface area contributed by atoms with Gasteiger partial charge in [-0.1, -0.05) is 18.2 Å². The van der Waals surface area contributed by atoms with Crippen LogP contribution in [0.1, 0.15) is 40.5 Å². The number of hydrogen-bond donors (Lipinski definition) is 1. The summed E-state index contributed by atoms with van der Waals surface area (Å²) in [6, 6.07) is 9.91. The molecule has 1 unspecified atom stereocenters. The molecule has 4 nitrogen and oxygen atoms in total. The van der Waals surface area contributed by atoms with Gasteiger partial charge in [0.2, 0.25) is 0 Å². The van der Waals surface area contributed by atoms with Crippen molar-refractivity contribution >= 4 is 5.97 Å². The Kier molecular flexibility index (Phi) is 7.23. The number of ether oxygens (including phenoxy) is 2. The SMILES string of the molecule is CCOC(=O)C(C)(CCCOc1ccccc1)NC(C)C. The van der Waals surface area contributed by atoms with Gasteiger partial charge in [0.25, 0.3) is 0 Å². The summed E-state index contributed by atoms with van der Waals surface area (Å²) >= 11 is 0. The standard InChI is InChI=1S/C17H27NO3/c1-5-20-16(19)17(4,18-14(2)3)12-9-13-21-15-10-7-6-8-11-15/h6-8,10-11,14,18H,5,9,12-13H2,1-4H3. The summed E-state index contributed by atoms with van der Waals surface area (Å²) in [5.74, 6) is 0.658. The smallest absolute Gasteiger partial charge is 0.326 e. The van der Waals surface area contributed by atoms with Crippen molar-refractivity contribution in [2.24, 2.45) is 0 Å².